The lowest BCUT2D eigenvalue weighted by atomic mass is 9.73. The summed E-state index contributed by atoms with van der Waals surface area (Å²) >= 11 is 0. The maximum absolute atomic E-state index is 3.65. The van der Waals surface area contributed by atoms with Gasteiger partial charge in [0.05, 0.1) is 0 Å². The lowest BCUT2D eigenvalue weighted by Gasteiger charge is -2.31. The minimum Gasteiger partial charge on any atom is -0.0805 e. The smallest absolute Gasteiger partial charge is 0.0334 e. The van der Waals surface area contributed by atoms with Crippen molar-refractivity contribution < 1.29 is 0 Å². The SMILES string of the molecule is c1cccc(-c2c3c(c(-c4ccccc4)c4c2cc2c5c(cccc54)C4CCC(C5=CC(c6ccccc6)CC=C5c5ccccc5)=CC24)C2=CCCC4C=CC=C3C24)c#1. The average Bonchev–Trinajstić information content (AvgIpc) is 3.83. The summed E-state index contributed by atoms with van der Waals surface area (Å²) in [6, 6.07) is 56.9. The Bertz CT molecular complexity index is 3100. The molecule has 0 fully saturated rings. The quantitative estimate of drug-likeness (QED) is 0.153. The van der Waals surface area contributed by atoms with Gasteiger partial charge in [0.1, 0.15) is 0 Å². The number of rotatable bonds is 5. The van der Waals surface area contributed by atoms with Gasteiger partial charge in [0, 0.05) is 28.9 Å². The molecule has 0 bridgehead atoms. The van der Waals surface area contributed by atoms with Gasteiger partial charge < -0.3 is 0 Å². The van der Waals surface area contributed by atoms with E-state index in [9.17, 15) is 0 Å². The highest BCUT2D eigenvalue weighted by atomic mass is 14.5. The number of benzene rings is 6. The van der Waals surface area contributed by atoms with E-state index in [0.717, 1.165) is 31.2 Å². The maximum Gasteiger partial charge on any atom is 0.0334 e. The topological polar surface area (TPSA) is 0 Å². The molecule has 60 heavy (non-hydrogen) atoms. The van der Waals surface area contributed by atoms with E-state index in [1.54, 1.807) is 0 Å². The van der Waals surface area contributed by atoms with Crippen LogP contribution in [0.2, 0.25) is 0 Å². The molecule has 5 atom stereocenters. The molecule has 0 spiro atoms. The molecule has 0 amide bonds. The van der Waals surface area contributed by atoms with Crippen LogP contribution in [0, 0.1) is 24.0 Å². The zero-order valence-corrected chi connectivity index (χ0v) is 33.7. The molecule has 0 saturated heterocycles. The monoisotopic (exact) mass is 764 g/mol. The first-order valence-electron chi connectivity index (χ1n) is 22.2. The summed E-state index contributed by atoms with van der Waals surface area (Å²) in [4.78, 5) is 0. The fraction of sp³-hybridized carbons (Fsp3) is 0.167. The number of hydrogen-bond donors (Lipinski definition) is 0. The second-order valence-electron chi connectivity index (χ2n) is 17.8. The molecule has 6 aliphatic carbocycles. The van der Waals surface area contributed by atoms with Crippen molar-refractivity contribution in [2.24, 2.45) is 11.8 Å². The van der Waals surface area contributed by atoms with Gasteiger partial charge >= 0.3 is 0 Å². The van der Waals surface area contributed by atoms with Crippen LogP contribution < -0.4 is 0 Å². The predicted octanol–water partition coefficient (Wildman–Crippen LogP) is 15.4. The summed E-state index contributed by atoms with van der Waals surface area (Å²) in [6.07, 6.45) is 23.2. The second kappa shape index (κ2) is 13.4. The van der Waals surface area contributed by atoms with Gasteiger partial charge in [0.15, 0.2) is 0 Å². The van der Waals surface area contributed by atoms with Crippen molar-refractivity contribution in [3.05, 3.63) is 233 Å². The minimum atomic E-state index is 0.298. The first kappa shape index (κ1) is 34.2. The van der Waals surface area contributed by atoms with Crippen LogP contribution in [-0.4, -0.2) is 0 Å². The zero-order chi connectivity index (χ0) is 39.3. The van der Waals surface area contributed by atoms with E-state index < -0.39 is 0 Å². The van der Waals surface area contributed by atoms with Gasteiger partial charge in [-0.05, 0) is 156 Å². The van der Waals surface area contributed by atoms with Crippen molar-refractivity contribution in [1.29, 1.82) is 0 Å². The molecule has 6 aliphatic rings. The Morgan fingerprint density at radius 3 is 2.20 bits per heavy atom. The predicted molar refractivity (Wildman–Crippen MR) is 250 cm³/mol. The normalized spacial score (nSPS) is 23.1. The Labute approximate surface area is 353 Å². The van der Waals surface area contributed by atoms with Crippen LogP contribution in [0.4, 0.5) is 0 Å². The number of fused-ring (bicyclic) bond motifs is 8. The van der Waals surface area contributed by atoms with E-state index >= 15 is 0 Å². The molecular weight excluding hydrogens is 721 g/mol. The van der Waals surface area contributed by atoms with E-state index in [1.807, 2.05) is 6.07 Å². The molecule has 7 aromatic carbocycles. The molecular formula is C60H44. The fourth-order valence-electron chi connectivity index (χ4n) is 12.4. The Hall–Kier alpha value is -6.68. The van der Waals surface area contributed by atoms with Gasteiger partial charge in [-0.2, -0.15) is 0 Å². The van der Waals surface area contributed by atoms with E-state index in [0.29, 0.717) is 29.6 Å². The van der Waals surface area contributed by atoms with Crippen LogP contribution in [0.1, 0.15) is 83.2 Å². The van der Waals surface area contributed by atoms with Crippen molar-refractivity contribution >= 4 is 38.3 Å². The van der Waals surface area contributed by atoms with Crippen molar-refractivity contribution in [1.82, 2.24) is 0 Å². The molecule has 0 heteroatoms. The van der Waals surface area contributed by atoms with Crippen LogP contribution in [0.5, 0.6) is 0 Å². The van der Waals surface area contributed by atoms with Crippen LogP contribution >= 0.6 is 0 Å². The van der Waals surface area contributed by atoms with Crippen LogP contribution in [0.25, 0.3) is 60.5 Å². The van der Waals surface area contributed by atoms with Gasteiger partial charge in [-0.15, -0.1) is 0 Å². The second-order valence-corrected chi connectivity index (χ2v) is 17.8. The minimum absolute atomic E-state index is 0.298. The number of hydrogen-bond acceptors (Lipinski definition) is 0. The molecule has 284 valence electrons. The summed E-state index contributed by atoms with van der Waals surface area (Å²) in [5.74, 6) is 2.03. The molecule has 0 aliphatic heterocycles. The lowest BCUT2D eigenvalue weighted by molar-refractivity contribution is 0.522. The third-order valence-corrected chi connectivity index (χ3v) is 14.8. The summed E-state index contributed by atoms with van der Waals surface area (Å²) in [5.41, 5.74) is 21.1. The van der Waals surface area contributed by atoms with E-state index in [1.165, 1.54) is 106 Å². The highest BCUT2D eigenvalue weighted by molar-refractivity contribution is 6.26. The first-order valence-corrected chi connectivity index (χ1v) is 22.2. The lowest BCUT2D eigenvalue weighted by Crippen LogP contribution is -2.17. The summed E-state index contributed by atoms with van der Waals surface area (Å²) in [5, 5.41) is 5.62. The fourth-order valence-corrected chi connectivity index (χ4v) is 12.4. The van der Waals surface area contributed by atoms with E-state index in [2.05, 4.69) is 182 Å². The highest BCUT2D eigenvalue weighted by Crippen LogP contribution is 2.63. The standard InChI is InChI=1S/C60H44/c1-5-16-37(17-6-1)42-30-32-44(38-18-7-2-8-19-38)50(34-42)43-31-33-45-46-26-15-29-49-57(46)52(51(45)35-43)36-53-55(40-20-9-3-10-21-40)59-47-27-13-24-39-25-14-28-48(54(39)47)60(59)56(58(49)53)41-22-11-4-12-23-41/h1-9,11-13,15-20,22-24,26-29,32,34-36,39,42,45,51,54H,14,25,30-31,33H2. The van der Waals surface area contributed by atoms with Gasteiger partial charge in [0.2, 0.25) is 0 Å². The summed E-state index contributed by atoms with van der Waals surface area (Å²) in [6.45, 7) is 0. The van der Waals surface area contributed by atoms with Crippen LogP contribution in [0.15, 0.2) is 187 Å². The molecule has 0 aromatic heterocycles. The Balaban J connectivity index is 1.09. The largest absolute Gasteiger partial charge is 0.0805 e. The van der Waals surface area contributed by atoms with E-state index in [-0.39, 0.29) is 0 Å². The summed E-state index contributed by atoms with van der Waals surface area (Å²) < 4.78 is 0. The Kier molecular flexibility index (Phi) is 7.65. The van der Waals surface area contributed by atoms with Crippen LogP contribution in [0.3, 0.4) is 0 Å². The molecule has 0 heterocycles. The third kappa shape index (κ3) is 4.99. The Morgan fingerprint density at radius 2 is 1.38 bits per heavy atom. The molecule has 0 N–H and O–H groups in total. The maximum atomic E-state index is 3.65. The first-order chi connectivity index (χ1) is 29.8. The van der Waals surface area contributed by atoms with Crippen molar-refractivity contribution in [2.75, 3.05) is 0 Å². The molecule has 0 nitrogen and oxygen atoms in total. The molecule has 13 rings (SSSR count). The van der Waals surface area contributed by atoms with Crippen LogP contribution in [-0.2, 0) is 0 Å². The molecule has 0 saturated carbocycles. The highest BCUT2D eigenvalue weighted by Gasteiger charge is 2.44. The average molecular weight is 765 g/mol. The van der Waals surface area contributed by atoms with Gasteiger partial charge in [0.25, 0.3) is 0 Å². The van der Waals surface area contributed by atoms with Gasteiger partial charge in [-0.25, -0.2) is 0 Å². The number of allylic oxidation sites excluding steroid dienone is 12. The summed E-state index contributed by atoms with van der Waals surface area (Å²) in [7, 11) is 0. The zero-order valence-electron chi connectivity index (χ0n) is 33.7. The van der Waals surface area contributed by atoms with Crippen molar-refractivity contribution in [2.45, 2.75) is 49.9 Å². The third-order valence-electron chi connectivity index (χ3n) is 14.8. The Morgan fingerprint density at radius 1 is 0.583 bits per heavy atom. The van der Waals surface area contributed by atoms with E-state index in [4.69, 9.17) is 0 Å². The molecule has 0 radical (unpaired) electrons. The molecule has 7 aromatic rings. The van der Waals surface area contributed by atoms with Crippen molar-refractivity contribution in [3.8, 4) is 22.3 Å². The van der Waals surface area contributed by atoms with Gasteiger partial charge in [-0.3, -0.25) is 0 Å². The van der Waals surface area contributed by atoms with Gasteiger partial charge in [-0.1, -0.05) is 170 Å². The molecule has 5 unspecified atom stereocenters. The van der Waals surface area contributed by atoms with Crippen molar-refractivity contribution in [3.63, 3.8) is 0 Å².